The number of hydrogen-bond donors (Lipinski definition) is 3. The third-order valence-electron chi connectivity index (χ3n) is 6.82. The second-order valence-electron chi connectivity index (χ2n) is 9.21. The Morgan fingerprint density at radius 2 is 1.78 bits per heavy atom. The van der Waals surface area contributed by atoms with E-state index in [0.717, 1.165) is 36.1 Å². The number of fused-ring (bicyclic) bond motifs is 1. The molecule has 2 aliphatic heterocycles. The number of thiazole rings is 1. The monoisotopic (exact) mass is 505 g/mol. The maximum absolute atomic E-state index is 14.3. The normalized spacial score (nSPS) is 18.5. The van der Waals surface area contributed by atoms with Crippen LogP contribution in [0.25, 0.3) is 20.8 Å². The quantitative estimate of drug-likeness (QED) is 0.381. The molecule has 6 rings (SSSR count). The van der Waals surface area contributed by atoms with Gasteiger partial charge in [0.1, 0.15) is 22.2 Å². The highest BCUT2D eigenvalue weighted by atomic mass is 32.1. The molecule has 2 aromatic carbocycles. The minimum Gasteiger partial charge on any atom is -0.366 e. The van der Waals surface area contributed by atoms with Gasteiger partial charge in [-0.25, -0.2) is 9.37 Å². The molecule has 0 spiro atoms. The van der Waals surface area contributed by atoms with Gasteiger partial charge in [0.05, 0.1) is 15.9 Å². The molecule has 1 unspecified atom stereocenters. The number of aromatic nitrogens is 3. The number of piperazine rings is 1. The Labute approximate surface area is 212 Å². The van der Waals surface area contributed by atoms with Gasteiger partial charge >= 0.3 is 0 Å². The Balaban J connectivity index is 1.31. The number of nitrogens with one attached hydrogen (secondary N) is 3. The number of piperidine rings is 1. The van der Waals surface area contributed by atoms with Crippen molar-refractivity contribution in [2.24, 2.45) is 0 Å². The van der Waals surface area contributed by atoms with Gasteiger partial charge in [0.2, 0.25) is 5.95 Å². The minimum atomic E-state index is -0.217. The molecule has 4 aromatic rings. The summed E-state index contributed by atoms with van der Waals surface area (Å²) in [5.74, 6) is 0.882. The fraction of sp³-hybridized carbons (Fsp3) is 0.346. The fourth-order valence-corrected chi connectivity index (χ4v) is 5.94. The Bertz CT molecular complexity index is 1390. The summed E-state index contributed by atoms with van der Waals surface area (Å²) >= 11 is 1.50. The summed E-state index contributed by atoms with van der Waals surface area (Å²) in [6.07, 6.45) is 2.08. The van der Waals surface area contributed by atoms with Crippen molar-refractivity contribution in [3.63, 3.8) is 0 Å². The molecule has 2 aromatic heterocycles. The fourth-order valence-electron chi connectivity index (χ4n) is 4.93. The van der Waals surface area contributed by atoms with E-state index in [0.29, 0.717) is 54.2 Å². The molecule has 36 heavy (non-hydrogen) atoms. The van der Waals surface area contributed by atoms with E-state index >= 15 is 0 Å². The van der Waals surface area contributed by atoms with Crippen molar-refractivity contribution in [2.45, 2.75) is 18.9 Å². The van der Waals surface area contributed by atoms with Crippen molar-refractivity contribution >= 4 is 39.0 Å². The van der Waals surface area contributed by atoms with Crippen molar-refractivity contribution in [1.29, 1.82) is 0 Å². The Hall–Kier alpha value is -3.50. The number of para-hydroxylation sites is 2. The summed E-state index contributed by atoms with van der Waals surface area (Å²) in [6, 6.07) is 14.9. The lowest BCUT2D eigenvalue weighted by molar-refractivity contribution is 0.479. The summed E-state index contributed by atoms with van der Waals surface area (Å²) in [7, 11) is 0. The van der Waals surface area contributed by atoms with Crippen LogP contribution in [-0.2, 0) is 0 Å². The molecule has 0 aliphatic carbocycles. The molecule has 3 N–H and O–H groups in total. The van der Waals surface area contributed by atoms with Gasteiger partial charge in [-0.3, -0.25) is 9.78 Å². The molecule has 0 radical (unpaired) electrons. The molecule has 10 heteroatoms. The Kier molecular flexibility index (Phi) is 6.28. The lowest BCUT2D eigenvalue weighted by Gasteiger charge is -2.36. The zero-order valence-electron chi connectivity index (χ0n) is 19.8. The molecule has 0 bridgehead atoms. The summed E-state index contributed by atoms with van der Waals surface area (Å²) in [5.41, 5.74) is 1.75. The summed E-state index contributed by atoms with van der Waals surface area (Å²) in [6.45, 7) is 4.36. The standard InChI is InChI=1S/C26H28FN7OS/c27-18-7-1-3-9-20(18)33-12-14-34(15-13-33)26-31-23(29-17-6-5-11-28-16-17)22(24(35)32-26)25-30-19-8-2-4-10-21(19)36-25/h1-4,7-10,17,28H,5-6,11-16H2,(H2,29,31,32,35). The molecule has 2 saturated heterocycles. The molecule has 2 fully saturated rings. The van der Waals surface area contributed by atoms with Crippen molar-refractivity contribution in [1.82, 2.24) is 20.3 Å². The topological polar surface area (TPSA) is 89.2 Å². The van der Waals surface area contributed by atoms with Gasteiger partial charge in [-0.2, -0.15) is 4.98 Å². The van der Waals surface area contributed by atoms with E-state index < -0.39 is 0 Å². The molecule has 4 heterocycles. The molecular formula is C26H28FN7OS. The van der Waals surface area contributed by atoms with E-state index in [1.807, 2.05) is 35.2 Å². The predicted octanol–water partition coefficient (Wildman–Crippen LogP) is 3.68. The molecule has 186 valence electrons. The van der Waals surface area contributed by atoms with Crippen LogP contribution in [0.1, 0.15) is 12.8 Å². The van der Waals surface area contributed by atoms with Crippen LogP contribution in [0.4, 0.5) is 21.8 Å². The first-order valence-corrected chi connectivity index (χ1v) is 13.2. The molecule has 0 saturated carbocycles. The molecule has 8 nitrogen and oxygen atoms in total. The Morgan fingerprint density at radius 3 is 2.56 bits per heavy atom. The van der Waals surface area contributed by atoms with E-state index in [-0.39, 0.29) is 17.4 Å². The molecule has 2 aliphatic rings. The lowest BCUT2D eigenvalue weighted by atomic mass is 10.1. The van der Waals surface area contributed by atoms with Crippen LogP contribution in [-0.4, -0.2) is 60.3 Å². The average molecular weight is 506 g/mol. The highest BCUT2D eigenvalue weighted by Gasteiger charge is 2.25. The van der Waals surface area contributed by atoms with E-state index in [4.69, 9.17) is 9.97 Å². The van der Waals surface area contributed by atoms with Crippen molar-refractivity contribution in [3.05, 3.63) is 64.7 Å². The van der Waals surface area contributed by atoms with Crippen molar-refractivity contribution in [2.75, 3.05) is 54.4 Å². The van der Waals surface area contributed by atoms with Crippen molar-refractivity contribution in [3.8, 4) is 10.6 Å². The molecule has 0 amide bonds. The van der Waals surface area contributed by atoms with Crippen LogP contribution < -0.4 is 26.0 Å². The van der Waals surface area contributed by atoms with Crippen molar-refractivity contribution < 1.29 is 4.39 Å². The zero-order chi connectivity index (χ0) is 24.5. The summed E-state index contributed by atoms with van der Waals surface area (Å²) in [4.78, 5) is 30.2. The van der Waals surface area contributed by atoms with Gasteiger partial charge in [-0.05, 0) is 43.7 Å². The third kappa shape index (κ3) is 4.54. The number of rotatable bonds is 5. The predicted molar refractivity (Wildman–Crippen MR) is 144 cm³/mol. The highest BCUT2D eigenvalue weighted by Crippen LogP contribution is 2.33. The first kappa shape index (κ1) is 22.9. The molecule has 1 atom stereocenters. The lowest BCUT2D eigenvalue weighted by Crippen LogP contribution is -2.48. The van der Waals surface area contributed by atoms with Crippen LogP contribution in [0.15, 0.2) is 53.3 Å². The van der Waals surface area contributed by atoms with Crippen LogP contribution in [0.5, 0.6) is 0 Å². The third-order valence-corrected chi connectivity index (χ3v) is 7.88. The van der Waals surface area contributed by atoms with Crippen LogP contribution in [0, 0.1) is 5.82 Å². The smallest absolute Gasteiger partial charge is 0.264 e. The Morgan fingerprint density at radius 1 is 1.00 bits per heavy atom. The number of benzene rings is 2. The van der Waals surface area contributed by atoms with Gasteiger partial charge in [0.15, 0.2) is 0 Å². The number of halogens is 1. The van der Waals surface area contributed by atoms with E-state index in [1.165, 1.54) is 17.4 Å². The number of hydrogen-bond acceptors (Lipinski definition) is 8. The summed E-state index contributed by atoms with van der Waals surface area (Å²) in [5, 5.41) is 7.62. The van der Waals surface area contributed by atoms with Gasteiger partial charge < -0.3 is 20.4 Å². The highest BCUT2D eigenvalue weighted by molar-refractivity contribution is 7.21. The number of H-pyrrole nitrogens is 1. The van der Waals surface area contributed by atoms with Gasteiger partial charge in [-0.15, -0.1) is 11.3 Å². The second-order valence-corrected chi connectivity index (χ2v) is 10.2. The minimum absolute atomic E-state index is 0.187. The van der Waals surface area contributed by atoms with Gasteiger partial charge in [0, 0.05) is 38.8 Å². The maximum Gasteiger partial charge on any atom is 0.264 e. The van der Waals surface area contributed by atoms with Crippen LogP contribution in [0.3, 0.4) is 0 Å². The van der Waals surface area contributed by atoms with E-state index in [1.54, 1.807) is 12.1 Å². The first-order valence-electron chi connectivity index (χ1n) is 12.4. The van der Waals surface area contributed by atoms with Gasteiger partial charge in [-0.1, -0.05) is 24.3 Å². The van der Waals surface area contributed by atoms with Crippen LogP contribution >= 0.6 is 11.3 Å². The number of aromatic amines is 1. The van der Waals surface area contributed by atoms with E-state index in [9.17, 15) is 9.18 Å². The summed E-state index contributed by atoms with van der Waals surface area (Å²) < 4.78 is 15.3. The second kappa shape index (κ2) is 9.87. The average Bonchev–Trinajstić information content (AvgIpc) is 3.33. The van der Waals surface area contributed by atoms with Gasteiger partial charge in [0.25, 0.3) is 5.56 Å². The first-order chi connectivity index (χ1) is 17.7. The zero-order valence-corrected chi connectivity index (χ0v) is 20.7. The largest absolute Gasteiger partial charge is 0.366 e. The number of anilines is 3. The SMILES string of the molecule is O=c1[nH]c(N2CCN(c3ccccc3F)CC2)nc(NC2CCCNC2)c1-c1nc2ccccc2s1. The number of nitrogens with zero attached hydrogens (tertiary/aromatic N) is 4. The van der Waals surface area contributed by atoms with E-state index in [2.05, 4.69) is 20.5 Å². The van der Waals surface area contributed by atoms with Crippen LogP contribution in [0.2, 0.25) is 0 Å². The molecular weight excluding hydrogens is 477 g/mol. The maximum atomic E-state index is 14.3.